The summed E-state index contributed by atoms with van der Waals surface area (Å²) in [4.78, 5) is 2.53. The first-order chi connectivity index (χ1) is 7.69. The first kappa shape index (κ1) is 11.6. The Morgan fingerprint density at radius 1 is 1.25 bits per heavy atom. The molecule has 0 saturated heterocycles. The van der Waals surface area contributed by atoms with Gasteiger partial charge in [-0.2, -0.15) is 0 Å². The van der Waals surface area contributed by atoms with Gasteiger partial charge in [0.2, 0.25) is 0 Å². The summed E-state index contributed by atoms with van der Waals surface area (Å²) < 4.78 is 0. The summed E-state index contributed by atoms with van der Waals surface area (Å²) in [5.74, 6) is 0. The van der Waals surface area contributed by atoms with E-state index < -0.39 is 0 Å². The molecule has 1 atom stereocenters. The standard InChI is InChI=1S/C14H22N2/c1-3-8-14(2,11-15)16-9-12-6-4-5-7-13(12)10-16/h4-7H,3,8-11,15H2,1-2H3. The number of hydrogen-bond donors (Lipinski definition) is 1. The van der Waals surface area contributed by atoms with E-state index >= 15 is 0 Å². The van der Waals surface area contributed by atoms with Crippen molar-refractivity contribution < 1.29 is 0 Å². The molecule has 0 bridgehead atoms. The van der Waals surface area contributed by atoms with Crippen LogP contribution in [0.4, 0.5) is 0 Å². The van der Waals surface area contributed by atoms with Gasteiger partial charge in [-0.3, -0.25) is 4.90 Å². The topological polar surface area (TPSA) is 29.3 Å². The lowest BCUT2D eigenvalue weighted by Gasteiger charge is -2.37. The maximum absolute atomic E-state index is 5.97. The molecule has 2 rings (SSSR count). The van der Waals surface area contributed by atoms with Gasteiger partial charge in [0.1, 0.15) is 0 Å². The third kappa shape index (κ3) is 2.00. The molecule has 1 unspecified atom stereocenters. The Balaban J connectivity index is 2.15. The molecule has 1 heterocycles. The van der Waals surface area contributed by atoms with Crippen molar-refractivity contribution in [1.29, 1.82) is 0 Å². The number of nitrogens with zero attached hydrogens (tertiary/aromatic N) is 1. The van der Waals surface area contributed by atoms with Crippen molar-refractivity contribution in [3.8, 4) is 0 Å². The van der Waals surface area contributed by atoms with E-state index in [2.05, 4.69) is 43.0 Å². The number of fused-ring (bicyclic) bond motifs is 1. The van der Waals surface area contributed by atoms with Gasteiger partial charge in [0.25, 0.3) is 0 Å². The van der Waals surface area contributed by atoms with E-state index in [4.69, 9.17) is 5.73 Å². The summed E-state index contributed by atoms with van der Waals surface area (Å²) in [6, 6.07) is 8.72. The van der Waals surface area contributed by atoms with Crippen molar-refractivity contribution in [2.75, 3.05) is 6.54 Å². The van der Waals surface area contributed by atoms with Crippen LogP contribution >= 0.6 is 0 Å². The zero-order valence-corrected chi connectivity index (χ0v) is 10.4. The van der Waals surface area contributed by atoms with E-state index in [0.29, 0.717) is 0 Å². The smallest absolute Gasteiger partial charge is 0.0310 e. The Bertz CT molecular complexity index is 337. The van der Waals surface area contributed by atoms with Crippen LogP contribution in [0.3, 0.4) is 0 Å². The molecule has 0 fully saturated rings. The van der Waals surface area contributed by atoms with Gasteiger partial charge in [-0.25, -0.2) is 0 Å². The van der Waals surface area contributed by atoms with E-state index in [1.165, 1.54) is 24.0 Å². The molecular formula is C14H22N2. The second-order valence-corrected chi connectivity index (χ2v) is 5.08. The van der Waals surface area contributed by atoms with E-state index in [1.807, 2.05) is 0 Å². The van der Waals surface area contributed by atoms with Gasteiger partial charge in [-0.15, -0.1) is 0 Å². The van der Waals surface area contributed by atoms with E-state index in [-0.39, 0.29) is 5.54 Å². The highest BCUT2D eigenvalue weighted by Gasteiger charge is 2.33. The quantitative estimate of drug-likeness (QED) is 0.841. The maximum Gasteiger partial charge on any atom is 0.0310 e. The molecule has 2 heteroatoms. The van der Waals surface area contributed by atoms with Crippen LogP contribution in [0.25, 0.3) is 0 Å². The molecule has 2 N–H and O–H groups in total. The third-order valence-corrected chi connectivity index (χ3v) is 3.83. The summed E-state index contributed by atoms with van der Waals surface area (Å²) in [5, 5.41) is 0. The molecule has 1 aliphatic rings. The van der Waals surface area contributed by atoms with Crippen LogP contribution in [0.5, 0.6) is 0 Å². The van der Waals surface area contributed by atoms with Gasteiger partial charge in [0, 0.05) is 25.2 Å². The number of nitrogens with two attached hydrogens (primary N) is 1. The molecule has 0 saturated carbocycles. The molecule has 0 aliphatic carbocycles. The first-order valence-corrected chi connectivity index (χ1v) is 6.21. The molecule has 0 spiro atoms. The predicted octanol–water partition coefficient (Wildman–Crippen LogP) is 2.52. The van der Waals surface area contributed by atoms with Crippen LogP contribution in [-0.4, -0.2) is 17.0 Å². The Kier molecular flexibility index (Phi) is 3.31. The Labute approximate surface area is 98.4 Å². The van der Waals surface area contributed by atoms with E-state index in [0.717, 1.165) is 19.6 Å². The summed E-state index contributed by atoms with van der Waals surface area (Å²) in [6.45, 7) is 7.39. The highest BCUT2D eigenvalue weighted by Crippen LogP contribution is 2.31. The van der Waals surface area contributed by atoms with Crippen LogP contribution in [0.1, 0.15) is 37.8 Å². The van der Waals surface area contributed by atoms with Crippen LogP contribution < -0.4 is 5.73 Å². The molecule has 88 valence electrons. The van der Waals surface area contributed by atoms with Gasteiger partial charge < -0.3 is 5.73 Å². The molecule has 1 aliphatic heterocycles. The minimum Gasteiger partial charge on any atom is -0.329 e. The van der Waals surface area contributed by atoms with Crippen molar-refractivity contribution >= 4 is 0 Å². The molecule has 1 aromatic carbocycles. The highest BCUT2D eigenvalue weighted by molar-refractivity contribution is 5.30. The minimum absolute atomic E-state index is 0.160. The fourth-order valence-corrected chi connectivity index (χ4v) is 2.64. The minimum atomic E-state index is 0.160. The van der Waals surface area contributed by atoms with Crippen LogP contribution in [0, 0.1) is 0 Å². The lowest BCUT2D eigenvalue weighted by Crippen LogP contribution is -2.48. The van der Waals surface area contributed by atoms with Crippen LogP contribution in [0.15, 0.2) is 24.3 Å². The SMILES string of the molecule is CCCC(C)(CN)N1Cc2ccccc2C1. The van der Waals surface area contributed by atoms with Crippen molar-refractivity contribution in [2.45, 2.75) is 45.3 Å². The summed E-state index contributed by atoms with van der Waals surface area (Å²) in [6.07, 6.45) is 2.37. The van der Waals surface area contributed by atoms with E-state index in [1.54, 1.807) is 0 Å². The Hall–Kier alpha value is -0.860. The number of rotatable bonds is 4. The maximum atomic E-state index is 5.97. The third-order valence-electron chi connectivity index (χ3n) is 3.83. The average Bonchev–Trinajstić information content (AvgIpc) is 2.73. The Morgan fingerprint density at radius 2 is 1.81 bits per heavy atom. The van der Waals surface area contributed by atoms with Crippen LogP contribution in [0.2, 0.25) is 0 Å². The van der Waals surface area contributed by atoms with Crippen molar-refractivity contribution in [2.24, 2.45) is 5.73 Å². The molecule has 0 radical (unpaired) electrons. The number of benzene rings is 1. The summed E-state index contributed by atoms with van der Waals surface area (Å²) >= 11 is 0. The molecule has 0 amide bonds. The fourth-order valence-electron chi connectivity index (χ4n) is 2.64. The zero-order valence-electron chi connectivity index (χ0n) is 10.4. The number of hydrogen-bond acceptors (Lipinski definition) is 2. The second-order valence-electron chi connectivity index (χ2n) is 5.08. The molecular weight excluding hydrogens is 196 g/mol. The van der Waals surface area contributed by atoms with Gasteiger partial charge >= 0.3 is 0 Å². The lowest BCUT2D eigenvalue weighted by atomic mass is 9.94. The second kappa shape index (κ2) is 4.56. The highest BCUT2D eigenvalue weighted by atomic mass is 15.2. The van der Waals surface area contributed by atoms with Gasteiger partial charge in [0.15, 0.2) is 0 Å². The molecule has 16 heavy (non-hydrogen) atoms. The van der Waals surface area contributed by atoms with Gasteiger partial charge in [0.05, 0.1) is 0 Å². The van der Waals surface area contributed by atoms with Crippen molar-refractivity contribution in [1.82, 2.24) is 4.90 Å². The predicted molar refractivity (Wildman–Crippen MR) is 68.1 cm³/mol. The average molecular weight is 218 g/mol. The van der Waals surface area contributed by atoms with Gasteiger partial charge in [-0.1, -0.05) is 37.6 Å². The van der Waals surface area contributed by atoms with Gasteiger partial charge in [-0.05, 0) is 24.5 Å². The molecule has 2 nitrogen and oxygen atoms in total. The largest absolute Gasteiger partial charge is 0.329 e. The zero-order chi connectivity index (χ0) is 11.6. The molecule has 1 aromatic rings. The fraction of sp³-hybridized carbons (Fsp3) is 0.571. The monoisotopic (exact) mass is 218 g/mol. The lowest BCUT2D eigenvalue weighted by molar-refractivity contribution is 0.0982. The first-order valence-electron chi connectivity index (χ1n) is 6.21. The van der Waals surface area contributed by atoms with E-state index in [9.17, 15) is 0 Å². The Morgan fingerprint density at radius 3 is 2.25 bits per heavy atom. The normalized spacial score (nSPS) is 19.4. The molecule has 0 aromatic heterocycles. The van der Waals surface area contributed by atoms with Crippen molar-refractivity contribution in [3.63, 3.8) is 0 Å². The summed E-state index contributed by atoms with van der Waals surface area (Å²) in [7, 11) is 0. The summed E-state index contributed by atoms with van der Waals surface area (Å²) in [5.41, 5.74) is 9.07. The van der Waals surface area contributed by atoms with Crippen molar-refractivity contribution in [3.05, 3.63) is 35.4 Å². The van der Waals surface area contributed by atoms with Crippen LogP contribution in [-0.2, 0) is 13.1 Å².